The van der Waals surface area contributed by atoms with Crippen LogP contribution in [0, 0.1) is 41.5 Å². The predicted octanol–water partition coefficient (Wildman–Crippen LogP) is 0.601. The van der Waals surface area contributed by atoms with Gasteiger partial charge in [-0.2, -0.15) is 0 Å². The summed E-state index contributed by atoms with van der Waals surface area (Å²) in [6.07, 6.45) is 0. The molecule has 7 heteroatoms. The van der Waals surface area contributed by atoms with Crippen molar-refractivity contribution in [1.82, 2.24) is 30.6 Å². The summed E-state index contributed by atoms with van der Waals surface area (Å²) < 4.78 is 4.00. The normalized spacial score (nSPS) is 11.6. The Labute approximate surface area is 134 Å². The van der Waals surface area contributed by atoms with Crippen LogP contribution in [0.25, 0.3) is 0 Å². The summed E-state index contributed by atoms with van der Waals surface area (Å²) in [5.41, 5.74) is 6.64. The first-order valence-electron chi connectivity index (χ1n) is 7.20. The van der Waals surface area contributed by atoms with E-state index in [0.29, 0.717) is 0 Å². The minimum atomic E-state index is -1.50. The van der Waals surface area contributed by atoms with Gasteiger partial charge < -0.3 is 0 Å². The van der Waals surface area contributed by atoms with Crippen LogP contribution in [0.2, 0.25) is 0 Å². The summed E-state index contributed by atoms with van der Waals surface area (Å²) in [5.74, 6) is 0. The van der Waals surface area contributed by atoms with E-state index in [1.165, 1.54) is 13.3 Å². The van der Waals surface area contributed by atoms with Crippen LogP contribution in [0.4, 0.5) is 0 Å². The van der Waals surface area contributed by atoms with Crippen LogP contribution in [0.3, 0.4) is 0 Å². The van der Waals surface area contributed by atoms with E-state index in [1.54, 1.807) is 0 Å². The third-order valence-corrected chi connectivity index (χ3v) is 8.52. The summed E-state index contributed by atoms with van der Waals surface area (Å²) in [6.45, 7) is 12.5. The Hall–Kier alpha value is -1.84. The van der Waals surface area contributed by atoms with E-state index < -0.39 is 14.1 Å². The first kappa shape index (κ1) is 15.1. The zero-order chi connectivity index (χ0) is 16.0. The van der Waals surface area contributed by atoms with Crippen LogP contribution in [-0.4, -0.2) is 30.6 Å². The fourth-order valence-electron chi connectivity index (χ4n) is 2.83. The van der Waals surface area contributed by atoms with E-state index in [1.807, 2.05) is 0 Å². The average Bonchev–Trinajstić information content (AvgIpc) is 3.08. The molecule has 3 aromatic rings. The zero-order valence-corrected chi connectivity index (χ0v) is 15.0. The van der Waals surface area contributed by atoms with Gasteiger partial charge in [-0.3, -0.25) is 0 Å². The Morgan fingerprint density at radius 2 is 0.818 bits per heavy atom. The van der Waals surface area contributed by atoms with Crippen molar-refractivity contribution >= 4 is 13.3 Å². The van der Waals surface area contributed by atoms with E-state index in [-0.39, 0.29) is 0 Å². The number of aryl methyl sites for hydroxylation is 6. The van der Waals surface area contributed by atoms with E-state index in [0.717, 1.165) is 34.2 Å². The van der Waals surface area contributed by atoms with Crippen LogP contribution in [-0.2, 0) is 14.1 Å². The molecule has 0 radical (unpaired) electrons. The monoisotopic (exact) mass is 337 g/mol. The molecular formula is C15H21CrN6. The van der Waals surface area contributed by atoms with E-state index in [9.17, 15) is 0 Å². The van der Waals surface area contributed by atoms with Gasteiger partial charge in [0, 0.05) is 0 Å². The van der Waals surface area contributed by atoms with E-state index in [4.69, 9.17) is 0 Å². The molecule has 117 valence electrons. The van der Waals surface area contributed by atoms with Gasteiger partial charge in [0.05, 0.1) is 0 Å². The van der Waals surface area contributed by atoms with Crippen molar-refractivity contribution < 1.29 is 14.1 Å². The molecule has 6 nitrogen and oxygen atoms in total. The number of hydrogen-bond acceptors (Lipinski definition) is 3. The fraction of sp³-hybridized carbons (Fsp3) is 0.400. The summed E-state index contributed by atoms with van der Waals surface area (Å²) in [5, 5.41) is 22.7. The van der Waals surface area contributed by atoms with Crippen molar-refractivity contribution in [1.29, 1.82) is 0 Å². The van der Waals surface area contributed by atoms with Gasteiger partial charge in [0.2, 0.25) is 0 Å². The van der Waals surface area contributed by atoms with Gasteiger partial charge in [-0.25, -0.2) is 0 Å². The second-order valence-corrected chi connectivity index (χ2v) is 8.46. The minimum absolute atomic E-state index is 1.07. The van der Waals surface area contributed by atoms with Crippen LogP contribution >= 0.6 is 0 Å². The second-order valence-electron chi connectivity index (χ2n) is 5.60. The predicted molar refractivity (Wildman–Crippen MR) is 83.1 cm³/mol. The van der Waals surface area contributed by atoms with Crippen molar-refractivity contribution in [2.45, 2.75) is 41.5 Å². The zero-order valence-electron chi connectivity index (χ0n) is 13.7. The molecule has 3 aromatic heterocycles. The van der Waals surface area contributed by atoms with Crippen molar-refractivity contribution in [3.63, 3.8) is 0 Å². The molecular weight excluding hydrogens is 316 g/mol. The Balaban J connectivity index is 2.34. The number of nitrogens with zero attached hydrogens (tertiary/aromatic N) is 3. The molecule has 0 aromatic carbocycles. The number of rotatable bonds is 3. The molecule has 0 atom stereocenters. The third kappa shape index (κ3) is 2.21. The molecule has 0 aliphatic heterocycles. The first-order valence-corrected chi connectivity index (χ1v) is 9.12. The van der Waals surface area contributed by atoms with Gasteiger partial charge in [0.1, 0.15) is 0 Å². The molecule has 3 N–H and O–H groups in total. The SMILES string of the molecule is Cc1n[nH]c(C)[c]1[Cr]([c]1c(C)n[nH]c1C)[c]1c(C)n[nH]c1C. The molecule has 0 bridgehead atoms. The summed E-state index contributed by atoms with van der Waals surface area (Å²) in [4.78, 5) is 0. The van der Waals surface area contributed by atoms with Gasteiger partial charge in [-0.15, -0.1) is 0 Å². The Kier molecular flexibility index (Phi) is 3.71. The molecule has 0 spiro atoms. The Morgan fingerprint density at radius 1 is 0.545 bits per heavy atom. The molecule has 0 saturated carbocycles. The number of hydrogen-bond donors (Lipinski definition) is 3. The van der Waals surface area contributed by atoms with E-state index >= 15 is 0 Å². The van der Waals surface area contributed by atoms with Crippen molar-refractivity contribution in [2.75, 3.05) is 0 Å². The van der Waals surface area contributed by atoms with Crippen LogP contribution in [0.15, 0.2) is 0 Å². The van der Waals surface area contributed by atoms with Gasteiger partial charge in [-0.05, 0) is 0 Å². The Morgan fingerprint density at radius 3 is 1.00 bits per heavy atom. The molecule has 0 aliphatic carbocycles. The number of aromatic amines is 3. The molecule has 0 fully saturated rings. The van der Waals surface area contributed by atoms with Crippen LogP contribution < -0.4 is 13.3 Å². The topological polar surface area (TPSA) is 86.0 Å². The fourth-order valence-corrected chi connectivity index (χ4v) is 7.03. The molecule has 0 saturated heterocycles. The first-order chi connectivity index (χ1) is 10.4. The molecule has 3 rings (SSSR count). The van der Waals surface area contributed by atoms with Crippen LogP contribution in [0.1, 0.15) is 34.2 Å². The van der Waals surface area contributed by atoms with E-state index in [2.05, 4.69) is 72.1 Å². The molecule has 0 amide bonds. The molecule has 3 heterocycles. The van der Waals surface area contributed by atoms with Crippen molar-refractivity contribution in [2.24, 2.45) is 0 Å². The summed E-state index contributed by atoms with van der Waals surface area (Å²) in [7, 11) is 0. The number of H-pyrrole nitrogens is 3. The Bertz CT molecular complexity index is 657. The second kappa shape index (κ2) is 5.42. The van der Waals surface area contributed by atoms with Gasteiger partial charge in [-0.1, -0.05) is 0 Å². The van der Waals surface area contributed by atoms with Crippen molar-refractivity contribution in [3.05, 3.63) is 34.2 Å². The summed E-state index contributed by atoms with van der Waals surface area (Å²) in [6, 6.07) is 0. The maximum atomic E-state index is 4.42. The number of nitrogens with one attached hydrogen (secondary N) is 3. The third-order valence-electron chi connectivity index (χ3n) is 3.79. The quantitative estimate of drug-likeness (QED) is 0.654. The molecule has 0 aliphatic rings. The van der Waals surface area contributed by atoms with Gasteiger partial charge >= 0.3 is 134 Å². The van der Waals surface area contributed by atoms with Crippen molar-refractivity contribution in [3.8, 4) is 0 Å². The van der Waals surface area contributed by atoms with Gasteiger partial charge in [0.15, 0.2) is 0 Å². The standard InChI is InChI=1S/3C5H7N2.Cr/c3*1-4-3-5(2)7-6-4;/h3*1-2H3,(H,6,7);. The molecule has 22 heavy (non-hydrogen) atoms. The van der Waals surface area contributed by atoms with Crippen LogP contribution in [0.5, 0.6) is 0 Å². The van der Waals surface area contributed by atoms with Gasteiger partial charge in [0.25, 0.3) is 0 Å². The number of aromatic nitrogens is 6. The summed E-state index contributed by atoms with van der Waals surface area (Å²) >= 11 is -1.50. The average molecular weight is 337 g/mol. The maximum absolute atomic E-state index is 4.42. The molecule has 0 unspecified atom stereocenters.